The average Bonchev–Trinajstić information content (AvgIpc) is 2.53. The summed E-state index contributed by atoms with van der Waals surface area (Å²) in [5.41, 5.74) is 1.53. The van der Waals surface area contributed by atoms with Crippen molar-refractivity contribution in [2.75, 3.05) is 13.7 Å². The standard InChI is InChI=1S/C18H18O3/c1-3-21-17-9-4-6-14(12-17)10-11-18(19)15-7-5-8-16(13-15)20-2/h4-13H,3H2,1-2H3. The summed E-state index contributed by atoms with van der Waals surface area (Å²) in [7, 11) is 1.58. The number of carbonyl (C=O) groups excluding carboxylic acids is 1. The van der Waals surface area contributed by atoms with Crippen molar-refractivity contribution in [3.05, 3.63) is 65.7 Å². The molecular formula is C18H18O3. The fourth-order valence-electron chi connectivity index (χ4n) is 1.92. The molecule has 0 fully saturated rings. The maximum atomic E-state index is 12.1. The van der Waals surface area contributed by atoms with E-state index in [2.05, 4.69) is 0 Å². The van der Waals surface area contributed by atoms with Crippen LogP contribution in [0.4, 0.5) is 0 Å². The number of hydrogen-bond donors (Lipinski definition) is 0. The van der Waals surface area contributed by atoms with Gasteiger partial charge in [-0.05, 0) is 42.8 Å². The topological polar surface area (TPSA) is 35.5 Å². The molecule has 0 saturated heterocycles. The molecule has 0 radical (unpaired) electrons. The number of rotatable bonds is 6. The van der Waals surface area contributed by atoms with Crippen LogP contribution >= 0.6 is 0 Å². The van der Waals surface area contributed by atoms with Gasteiger partial charge in [0.25, 0.3) is 0 Å². The van der Waals surface area contributed by atoms with E-state index in [1.165, 1.54) is 0 Å². The van der Waals surface area contributed by atoms with Gasteiger partial charge in [-0.1, -0.05) is 30.3 Å². The normalized spacial score (nSPS) is 10.6. The van der Waals surface area contributed by atoms with Gasteiger partial charge in [-0.2, -0.15) is 0 Å². The van der Waals surface area contributed by atoms with Crippen LogP contribution in [-0.2, 0) is 0 Å². The SMILES string of the molecule is CCOc1cccc(C=CC(=O)c2cccc(OC)c2)c1. The molecule has 0 bridgehead atoms. The lowest BCUT2D eigenvalue weighted by atomic mass is 10.1. The highest BCUT2D eigenvalue weighted by Gasteiger charge is 2.03. The summed E-state index contributed by atoms with van der Waals surface area (Å²) in [4.78, 5) is 12.1. The van der Waals surface area contributed by atoms with Crippen molar-refractivity contribution >= 4 is 11.9 Å². The third-order valence-electron chi connectivity index (χ3n) is 2.95. The Balaban J connectivity index is 2.12. The number of ether oxygens (including phenoxy) is 2. The minimum Gasteiger partial charge on any atom is -0.497 e. The summed E-state index contributed by atoms with van der Waals surface area (Å²) < 4.78 is 10.6. The lowest BCUT2D eigenvalue weighted by Crippen LogP contribution is -1.95. The van der Waals surface area contributed by atoms with Crippen LogP contribution in [0, 0.1) is 0 Å². The van der Waals surface area contributed by atoms with E-state index in [9.17, 15) is 4.79 Å². The molecule has 0 saturated carbocycles. The molecule has 0 aromatic heterocycles. The molecule has 2 aromatic rings. The van der Waals surface area contributed by atoms with Crippen molar-refractivity contribution in [2.24, 2.45) is 0 Å². The van der Waals surface area contributed by atoms with Gasteiger partial charge >= 0.3 is 0 Å². The van der Waals surface area contributed by atoms with Crippen molar-refractivity contribution in [1.29, 1.82) is 0 Å². The third kappa shape index (κ3) is 4.21. The number of ketones is 1. The molecule has 0 atom stereocenters. The van der Waals surface area contributed by atoms with Gasteiger partial charge in [0.1, 0.15) is 11.5 Å². The average molecular weight is 282 g/mol. The Morgan fingerprint density at radius 3 is 2.62 bits per heavy atom. The summed E-state index contributed by atoms with van der Waals surface area (Å²) in [5.74, 6) is 1.41. The zero-order valence-corrected chi connectivity index (χ0v) is 12.2. The summed E-state index contributed by atoms with van der Waals surface area (Å²) >= 11 is 0. The van der Waals surface area contributed by atoms with Gasteiger partial charge in [0.2, 0.25) is 0 Å². The van der Waals surface area contributed by atoms with Crippen molar-refractivity contribution in [2.45, 2.75) is 6.92 Å². The Hall–Kier alpha value is -2.55. The number of methoxy groups -OCH3 is 1. The quantitative estimate of drug-likeness (QED) is 0.593. The Labute approximate surface area is 124 Å². The second-order valence-electron chi connectivity index (χ2n) is 4.44. The molecular weight excluding hydrogens is 264 g/mol. The Kier molecular flexibility index (Phi) is 5.16. The number of hydrogen-bond acceptors (Lipinski definition) is 3. The molecule has 0 heterocycles. The zero-order valence-electron chi connectivity index (χ0n) is 12.2. The minimum atomic E-state index is -0.0595. The smallest absolute Gasteiger partial charge is 0.185 e. The highest BCUT2D eigenvalue weighted by Crippen LogP contribution is 2.16. The van der Waals surface area contributed by atoms with Crippen molar-refractivity contribution in [3.8, 4) is 11.5 Å². The first-order valence-corrected chi connectivity index (χ1v) is 6.82. The largest absolute Gasteiger partial charge is 0.497 e. The van der Waals surface area contributed by atoms with Crippen LogP contribution in [0.1, 0.15) is 22.8 Å². The maximum Gasteiger partial charge on any atom is 0.185 e. The molecule has 2 rings (SSSR count). The van der Waals surface area contributed by atoms with Crippen LogP contribution in [0.15, 0.2) is 54.6 Å². The maximum absolute atomic E-state index is 12.1. The molecule has 0 spiro atoms. The summed E-state index contributed by atoms with van der Waals surface area (Å²) in [6.45, 7) is 2.56. The number of benzene rings is 2. The predicted octanol–water partition coefficient (Wildman–Crippen LogP) is 3.99. The fraction of sp³-hybridized carbons (Fsp3) is 0.167. The van der Waals surface area contributed by atoms with E-state index in [1.807, 2.05) is 37.3 Å². The monoisotopic (exact) mass is 282 g/mol. The molecule has 21 heavy (non-hydrogen) atoms. The number of allylic oxidation sites excluding steroid dienone is 1. The lowest BCUT2D eigenvalue weighted by molar-refractivity contribution is 0.104. The molecule has 108 valence electrons. The van der Waals surface area contributed by atoms with Gasteiger partial charge < -0.3 is 9.47 Å². The molecule has 0 aliphatic rings. The molecule has 3 nitrogen and oxygen atoms in total. The second kappa shape index (κ2) is 7.29. The van der Waals surface area contributed by atoms with E-state index in [0.29, 0.717) is 17.9 Å². The Bertz CT molecular complexity index is 644. The number of carbonyl (C=O) groups is 1. The van der Waals surface area contributed by atoms with E-state index in [-0.39, 0.29) is 5.78 Å². The van der Waals surface area contributed by atoms with Crippen molar-refractivity contribution in [1.82, 2.24) is 0 Å². The van der Waals surface area contributed by atoms with Crippen molar-refractivity contribution in [3.63, 3.8) is 0 Å². The summed E-state index contributed by atoms with van der Waals surface area (Å²) in [5, 5.41) is 0. The van der Waals surface area contributed by atoms with Crippen LogP contribution in [0.2, 0.25) is 0 Å². The molecule has 0 N–H and O–H groups in total. The van der Waals surface area contributed by atoms with Gasteiger partial charge in [0, 0.05) is 5.56 Å². The lowest BCUT2D eigenvalue weighted by Gasteiger charge is -2.03. The molecule has 0 aliphatic carbocycles. The predicted molar refractivity (Wildman–Crippen MR) is 84.0 cm³/mol. The van der Waals surface area contributed by atoms with Gasteiger partial charge in [-0.15, -0.1) is 0 Å². The molecule has 2 aromatic carbocycles. The molecule has 3 heteroatoms. The summed E-state index contributed by atoms with van der Waals surface area (Å²) in [6, 6.07) is 14.7. The van der Waals surface area contributed by atoms with Crippen LogP contribution in [0.25, 0.3) is 6.08 Å². The Morgan fingerprint density at radius 1 is 1.10 bits per heavy atom. The van der Waals surface area contributed by atoms with E-state index >= 15 is 0 Å². The third-order valence-corrected chi connectivity index (χ3v) is 2.95. The molecule has 0 amide bonds. The fourth-order valence-corrected chi connectivity index (χ4v) is 1.92. The first-order chi connectivity index (χ1) is 10.2. The van der Waals surface area contributed by atoms with Gasteiger partial charge in [0.15, 0.2) is 5.78 Å². The molecule has 0 unspecified atom stereocenters. The minimum absolute atomic E-state index is 0.0595. The Morgan fingerprint density at radius 2 is 1.86 bits per heavy atom. The zero-order chi connectivity index (χ0) is 15.1. The van der Waals surface area contributed by atoms with Crippen LogP contribution < -0.4 is 9.47 Å². The first kappa shape index (κ1) is 14.9. The van der Waals surface area contributed by atoms with Gasteiger partial charge in [-0.25, -0.2) is 0 Å². The summed E-state index contributed by atoms with van der Waals surface area (Å²) in [6.07, 6.45) is 3.34. The molecule has 0 aliphatic heterocycles. The highest BCUT2D eigenvalue weighted by atomic mass is 16.5. The second-order valence-corrected chi connectivity index (χ2v) is 4.44. The van der Waals surface area contributed by atoms with Crippen LogP contribution in [-0.4, -0.2) is 19.5 Å². The van der Waals surface area contributed by atoms with E-state index in [1.54, 1.807) is 37.5 Å². The van der Waals surface area contributed by atoms with Crippen LogP contribution in [0.3, 0.4) is 0 Å². The van der Waals surface area contributed by atoms with Crippen molar-refractivity contribution < 1.29 is 14.3 Å². The van der Waals surface area contributed by atoms with Gasteiger partial charge in [-0.3, -0.25) is 4.79 Å². The van der Waals surface area contributed by atoms with E-state index in [0.717, 1.165) is 11.3 Å². The van der Waals surface area contributed by atoms with Gasteiger partial charge in [0.05, 0.1) is 13.7 Å². The highest BCUT2D eigenvalue weighted by molar-refractivity contribution is 6.07. The van der Waals surface area contributed by atoms with Crippen LogP contribution in [0.5, 0.6) is 11.5 Å². The van der Waals surface area contributed by atoms with E-state index < -0.39 is 0 Å². The first-order valence-electron chi connectivity index (χ1n) is 6.82. The van der Waals surface area contributed by atoms with E-state index in [4.69, 9.17) is 9.47 Å².